The van der Waals surface area contributed by atoms with Gasteiger partial charge in [-0.2, -0.15) is 0 Å². The van der Waals surface area contributed by atoms with Crippen LogP contribution in [0.3, 0.4) is 0 Å². The van der Waals surface area contributed by atoms with Crippen LogP contribution in [0.25, 0.3) is 0 Å². The number of methoxy groups -OCH3 is 1. The van der Waals surface area contributed by atoms with Crippen LogP contribution in [-0.4, -0.2) is 76.4 Å². The molecule has 0 saturated carbocycles. The van der Waals surface area contributed by atoms with E-state index in [1.54, 1.807) is 7.11 Å². The predicted molar refractivity (Wildman–Crippen MR) is 69.6 cm³/mol. The Bertz CT molecular complexity index is 273. The molecule has 0 spiro atoms. The smallest absolute Gasteiger partial charge is 0.328 e. The molecule has 8 heteroatoms. The zero-order chi connectivity index (χ0) is 15.2. The number of nitrogens with one attached hydrogen (secondary N) is 1. The minimum absolute atomic E-state index is 0.0946. The van der Waals surface area contributed by atoms with E-state index in [0.29, 0.717) is 33.0 Å². The van der Waals surface area contributed by atoms with Crippen molar-refractivity contribution in [2.24, 2.45) is 0 Å². The fraction of sp³-hybridized carbons (Fsp3) is 0.833. The highest BCUT2D eigenvalue weighted by molar-refractivity contribution is 5.82. The van der Waals surface area contributed by atoms with Gasteiger partial charge in [-0.15, -0.1) is 0 Å². The molecule has 1 atom stereocenters. The summed E-state index contributed by atoms with van der Waals surface area (Å²) < 4.78 is 20.3. The third-order valence-corrected chi connectivity index (χ3v) is 2.14. The van der Waals surface area contributed by atoms with E-state index >= 15 is 0 Å². The van der Waals surface area contributed by atoms with Gasteiger partial charge in [0, 0.05) is 14.0 Å². The van der Waals surface area contributed by atoms with Gasteiger partial charge in [0.2, 0.25) is 5.91 Å². The number of aliphatic carboxylic acids is 1. The van der Waals surface area contributed by atoms with E-state index in [4.69, 9.17) is 24.1 Å². The third kappa shape index (κ3) is 11.8. The van der Waals surface area contributed by atoms with Crippen molar-refractivity contribution in [3.8, 4) is 0 Å². The highest BCUT2D eigenvalue weighted by atomic mass is 16.6. The highest BCUT2D eigenvalue weighted by Crippen LogP contribution is 1.88. The summed E-state index contributed by atoms with van der Waals surface area (Å²) in [5.74, 6) is -1.54. The van der Waals surface area contributed by atoms with Gasteiger partial charge in [-0.3, -0.25) is 4.79 Å². The molecule has 0 aliphatic carbocycles. The molecule has 0 heterocycles. The largest absolute Gasteiger partial charge is 0.480 e. The molecular formula is C12H23NO7. The van der Waals surface area contributed by atoms with Crippen molar-refractivity contribution in [2.45, 2.75) is 13.0 Å². The number of carboxylic acids is 1. The maximum absolute atomic E-state index is 10.8. The first-order valence-corrected chi connectivity index (χ1v) is 6.30. The van der Waals surface area contributed by atoms with Crippen LogP contribution >= 0.6 is 0 Å². The summed E-state index contributed by atoms with van der Waals surface area (Å²) >= 11 is 0. The number of carbonyl (C=O) groups is 2. The Kier molecular flexibility index (Phi) is 12.0. The van der Waals surface area contributed by atoms with E-state index in [-0.39, 0.29) is 13.2 Å². The molecular weight excluding hydrogens is 270 g/mol. The Hall–Kier alpha value is -1.22. The van der Waals surface area contributed by atoms with Gasteiger partial charge in [-0.05, 0) is 0 Å². The minimum Gasteiger partial charge on any atom is -0.480 e. The maximum Gasteiger partial charge on any atom is 0.328 e. The fourth-order valence-corrected chi connectivity index (χ4v) is 1.20. The van der Waals surface area contributed by atoms with Crippen LogP contribution in [-0.2, 0) is 28.5 Å². The van der Waals surface area contributed by atoms with Crippen LogP contribution in [0.5, 0.6) is 0 Å². The Morgan fingerprint density at radius 3 is 1.95 bits per heavy atom. The molecule has 1 amide bonds. The van der Waals surface area contributed by atoms with E-state index in [2.05, 4.69) is 5.32 Å². The van der Waals surface area contributed by atoms with Crippen molar-refractivity contribution >= 4 is 11.9 Å². The van der Waals surface area contributed by atoms with Crippen LogP contribution < -0.4 is 5.32 Å². The predicted octanol–water partition coefficient (Wildman–Crippen LogP) is -0.728. The zero-order valence-corrected chi connectivity index (χ0v) is 11.9. The molecule has 0 saturated heterocycles. The molecule has 0 aromatic carbocycles. The Balaban J connectivity index is 3.41. The highest BCUT2D eigenvalue weighted by Gasteiger charge is 2.17. The second-order valence-corrected chi connectivity index (χ2v) is 3.88. The van der Waals surface area contributed by atoms with Crippen LogP contribution in [0.15, 0.2) is 0 Å². The molecule has 8 nitrogen and oxygen atoms in total. The monoisotopic (exact) mass is 293 g/mol. The lowest BCUT2D eigenvalue weighted by Crippen LogP contribution is -2.43. The molecule has 0 fully saturated rings. The van der Waals surface area contributed by atoms with E-state index in [9.17, 15) is 9.59 Å². The number of carbonyl (C=O) groups excluding carboxylic acids is 1. The fourth-order valence-electron chi connectivity index (χ4n) is 1.20. The van der Waals surface area contributed by atoms with Gasteiger partial charge in [-0.1, -0.05) is 0 Å². The number of rotatable bonds is 13. The van der Waals surface area contributed by atoms with Gasteiger partial charge in [0.05, 0.1) is 46.2 Å². The first-order valence-electron chi connectivity index (χ1n) is 6.30. The molecule has 0 bridgehead atoms. The standard InChI is InChI=1S/C12H23NO7/c1-10(14)13-11(12(15)16)9-20-8-7-19-6-5-18-4-3-17-2/h11H,3-9H2,1-2H3,(H,13,14)(H,15,16). The number of hydrogen-bond acceptors (Lipinski definition) is 6. The van der Waals surface area contributed by atoms with Gasteiger partial charge < -0.3 is 29.4 Å². The normalized spacial score (nSPS) is 12.1. The van der Waals surface area contributed by atoms with Crippen molar-refractivity contribution in [3.05, 3.63) is 0 Å². The number of ether oxygens (including phenoxy) is 4. The Morgan fingerprint density at radius 2 is 1.50 bits per heavy atom. The molecule has 0 aromatic rings. The number of hydrogen-bond donors (Lipinski definition) is 2. The van der Waals surface area contributed by atoms with Gasteiger partial charge in [0.15, 0.2) is 6.04 Å². The van der Waals surface area contributed by atoms with Crippen LogP contribution in [0.1, 0.15) is 6.92 Å². The van der Waals surface area contributed by atoms with Crippen molar-refractivity contribution in [3.63, 3.8) is 0 Å². The summed E-state index contributed by atoms with van der Waals surface area (Å²) in [6, 6.07) is -1.04. The number of carboxylic acid groups (broad SMARTS) is 1. The molecule has 0 radical (unpaired) electrons. The molecule has 0 aromatic heterocycles. The van der Waals surface area contributed by atoms with Gasteiger partial charge in [0.1, 0.15) is 0 Å². The summed E-state index contributed by atoms with van der Waals surface area (Å²) in [6.07, 6.45) is 0. The zero-order valence-electron chi connectivity index (χ0n) is 11.9. The summed E-state index contributed by atoms with van der Waals surface area (Å²) in [5, 5.41) is 11.1. The second-order valence-electron chi connectivity index (χ2n) is 3.88. The first kappa shape index (κ1) is 18.8. The second kappa shape index (κ2) is 12.8. The summed E-state index contributed by atoms with van der Waals surface area (Å²) in [5.41, 5.74) is 0. The lowest BCUT2D eigenvalue weighted by atomic mass is 10.3. The van der Waals surface area contributed by atoms with E-state index in [1.807, 2.05) is 0 Å². The Labute approximate surface area is 118 Å². The Morgan fingerprint density at radius 1 is 1.00 bits per heavy atom. The van der Waals surface area contributed by atoms with Crippen LogP contribution in [0.4, 0.5) is 0 Å². The van der Waals surface area contributed by atoms with Gasteiger partial charge in [-0.25, -0.2) is 4.79 Å². The number of amides is 1. The lowest BCUT2D eigenvalue weighted by molar-refractivity contribution is -0.143. The lowest BCUT2D eigenvalue weighted by Gasteiger charge is -2.13. The third-order valence-electron chi connectivity index (χ3n) is 2.14. The van der Waals surface area contributed by atoms with Crippen molar-refractivity contribution < 1.29 is 33.6 Å². The van der Waals surface area contributed by atoms with Crippen molar-refractivity contribution in [1.29, 1.82) is 0 Å². The summed E-state index contributed by atoms with van der Waals surface area (Å²) in [4.78, 5) is 21.5. The quantitative estimate of drug-likeness (QED) is 0.432. The average molecular weight is 293 g/mol. The molecule has 0 rings (SSSR count). The maximum atomic E-state index is 10.8. The van der Waals surface area contributed by atoms with E-state index in [1.165, 1.54) is 6.92 Å². The summed E-state index contributed by atoms with van der Waals surface area (Å²) in [6.45, 7) is 3.71. The van der Waals surface area contributed by atoms with Gasteiger partial charge >= 0.3 is 5.97 Å². The molecule has 118 valence electrons. The van der Waals surface area contributed by atoms with E-state index in [0.717, 1.165) is 0 Å². The van der Waals surface area contributed by atoms with Crippen LogP contribution in [0, 0.1) is 0 Å². The van der Waals surface area contributed by atoms with Crippen molar-refractivity contribution in [1.82, 2.24) is 5.32 Å². The average Bonchev–Trinajstić information content (AvgIpc) is 2.39. The molecule has 1 unspecified atom stereocenters. The van der Waals surface area contributed by atoms with Crippen LogP contribution in [0.2, 0.25) is 0 Å². The van der Waals surface area contributed by atoms with Crippen molar-refractivity contribution in [2.75, 3.05) is 53.4 Å². The topological polar surface area (TPSA) is 103 Å². The molecule has 20 heavy (non-hydrogen) atoms. The molecule has 2 N–H and O–H groups in total. The molecule has 0 aliphatic rings. The molecule has 0 aliphatic heterocycles. The van der Waals surface area contributed by atoms with Gasteiger partial charge in [0.25, 0.3) is 0 Å². The first-order chi connectivity index (χ1) is 9.57. The summed E-state index contributed by atoms with van der Waals surface area (Å²) in [7, 11) is 1.60. The van der Waals surface area contributed by atoms with E-state index < -0.39 is 17.9 Å². The minimum atomic E-state index is -1.13. The SMILES string of the molecule is COCCOCCOCCOCC(NC(C)=O)C(=O)O.